The fourth-order valence-electron chi connectivity index (χ4n) is 3.04. The Morgan fingerprint density at radius 3 is 2.71 bits per heavy atom. The number of imidazole rings is 1. The quantitative estimate of drug-likeness (QED) is 0.251. The van der Waals surface area contributed by atoms with Crippen molar-refractivity contribution in [2.75, 3.05) is 5.75 Å². The molecule has 4 aromatic rings. The average Bonchev–Trinajstić information content (AvgIpc) is 3.15. The Balaban J connectivity index is 1.47. The van der Waals surface area contributed by atoms with Gasteiger partial charge in [-0.15, -0.1) is 0 Å². The van der Waals surface area contributed by atoms with E-state index >= 15 is 0 Å². The highest BCUT2D eigenvalue weighted by molar-refractivity contribution is 7.99. The number of para-hydroxylation sites is 2. The van der Waals surface area contributed by atoms with E-state index in [1.165, 1.54) is 11.8 Å². The van der Waals surface area contributed by atoms with Gasteiger partial charge in [-0.05, 0) is 42.8 Å². The second kappa shape index (κ2) is 9.76. The zero-order chi connectivity index (χ0) is 21.6. The molecule has 0 saturated carbocycles. The number of thioether (sulfide) groups is 1. The van der Waals surface area contributed by atoms with Crippen molar-refractivity contribution in [2.45, 2.75) is 18.6 Å². The zero-order valence-corrected chi connectivity index (χ0v) is 18.4. The first-order valence-electron chi connectivity index (χ1n) is 9.66. The Kier molecular flexibility index (Phi) is 6.64. The van der Waals surface area contributed by atoms with E-state index < -0.39 is 0 Å². The number of amides is 1. The van der Waals surface area contributed by atoms with Gasteiger partial charge < -0.3 is 4.57 Å². The third-order valence-electron chi connectivity index (χ3n) is 4.63. The Hall–Kier alpha value is -3.16. The second-order valence-electron chi connectivity index (χ2n) is 6.86. The fraction of sp³-hybridized carbons (Fsp3) is 0.130. The fourth-order valence-corrected chi connectivity index (χ4v) is 3.97. The predicted molar refractivity (Wildman–Crippen MR) is 126 cm³/mol. The Bertz CT molecular complexity index is 1220. The number of hydrogen-bond acceptors (Lipinski definition) is 5. The minimum Gasteiger partial charge on any atom is -0.314 e. The molecule has 4 rings (SSSR count). The summed E-state index contributed by atoms with van der Waals surface area (Å²) in [7, 11) is 0. The van der Waals surface area contributed by atoms with Gasteiger partial charge >= 0.3 is 0 Å². The minimum atomic E-state index is -0.196. The molecule has 0 bridgehead atoms. The van der Waals surface area contributed by atoms with E-state index in [9.17, 15) is 4.79 Å². The number of nitrogens with zero attached hydrogens (tertiary/aromatic N) is 4. The summed E-state index contributed by atoms with van der Waals surface area (Å²) >= 11 is 7.40. The maximum Gasteiger partial charge on any atom is 0.250 e. The van der Waals surface area contributed by atoms with Crippen LogP contribution in [0.5, 0.6) is 0 Å². The molecule has 0 aliphatic carbocycles. The van der Waals surface area contributed by atoms with Crippen molar-refractivity contribution >= 4 is 46.0 Å². The Morgan fingerprint density at radius 2 is 1.94 bits per heavy atom. The molecule has 0 aliphatic heterocycles. The van der Waals surface area contributed by atoms with Gasteiger partial charge in [0, 0.05) is 23.0 Å². The number of rotatable bonds is 7. The van der Waals surface area contributed by atoms with Gasteiger partial charge in [0.05, 0.1) is 29.0 Å². The van der Waals surface area contributed by atoms with Crippen LogP contribution in [0.1, 0.15) is 18.1 Å². The number of hydrogen-bond donors (Lipinski definition) is 1. The molecule has 0 spiro atoms. The van der Waals surface area contributed by atoms with Crippen molar-refractivity contribution in [3.63, 3.8) is 0 Å². The number of carbonyl (C=O) groups excluding carboxylic acids is 1. The maximum absolute atomic E-state index is 12.4. The summed E-state index contributed by atoms with van der Waals surface area (Å²) in [6.07, 6.45) is 3.40. The highest BCUT2D eigenvalue weighted by atomic mass is 35.5. The maximum atomic E-state index is 12.4. The number of carbonyl (C=O) groups is 1. The first-order valence-corrected chi connectivity index (χ1v) is 11.0. The molecule has 2 aromatic carbocycles. The molecular formula is C23H20ClN5OS. The molecule has 2 heterocycles. The van der Waals surface area contributed by atoms with Crippen LogP contribution in [0.3, 0.4) is 0 Å². The summed E-state index contributed by atoms with van der Waals surface area (Å²) in [6, 6.07) is 19.4. The van der Waals surface area contributed by atoms with Gasteiger partial charge in [0.25, 0.3) is 5.91 Å². The molecule has 156 valence electrons. The van der Waals surface area contributed by atoms with Crippen molar-refractivity contribution in [1.29, 1.82) is 0 Å². The minimum absolute atomic E-state index is 0.196. The molecule has 6 nitrogen and oxygen atoms in total. The number of hydrazone groups is 1. The van der Waals surface area contributed by atoms with Crippen molar-refractivity contribution in [1.82, 2.24) is 20.0 Å². The molecule has 1 amide bonds. The normalized spacial score (nSPS) is 11.6. The zero-order valence-electron chi connectivity index (χ0n) is 16.8. The van der Waals surface area contributed by atoms with E-state index in [1.54, 1.807) is 12.4 Å². The van der Waals surface area contributed by atoms with E-state index in [0.717, 1.165) is 27.3 Å². The van der Waals surface area contributed by atoms with E-state index in [1.807, 2.05) is 67.6 Å². The smallest absolute Gasteiger partial charge is 0.250 e. The van der Waals surface area contributed by atoms with Gasteiger partial charge in [-0.2, -0.15) is 5.10 Å². The molecule has 0 fully saturated rings. The summed E-state index contributed by atoms with van der Waals surface area (Å²) < 4.78 is 2.11. The van der Waals surface area contributed by atoms with Crippen LogP contribution in [0.2, 0.25) is 5.02 Å². The lowest BCUT2D eigenvalue weighted by Gasteiger charge is -2.09. The lowest BCUT2D eigenvalue weighted by atomic mass is 10.2. The number of pyridine rings is 1. The third-order valence-corrected chi connectivity index (χ3v) is 5.86. The van der Waals surface area contributed by atoms with Crippen molar-refractivity contribution in [3.05, 3.63) is 89.2 Å². The topological polar surface area (TPSA) is 72.2 Å². The number of nitrogens with one attached hydrogen (secondary N) is 1. The summed E-state index contributed by atoms with van der Waals surface area (Å²) in [5, 5.41) is 5.65. The summed E-state index contributed by atoms with van der Waals surface area (Å²) in [4.78, 5) is 21.1. The van der Waals surface area contributed by atoms with Gasteiger partial charge in [-0.3, -0.25) is 9.78 Å². The van der Waals surface area contributed by atoms with E-state index in [2.05, 4.69) is 20.1 Å². The predicted octanol–water partition coefficient (Wildman–Crippen LogP) is 4.77. The summed E-state index contributed by atoms with van der Waals surface area (Å²) in [6.45, 7) is 2.47. The van der Waals surface area contributed by atoms with Crippen molar-refractivity contribution in [2.24, 2.45) is 5.10 Å². The van der Waals surface area contributed by atoms with Gasteiger partial charge in [0.1, 0.15) is 0 Å². The molecule has 0 aliphatic rings. The molecule has 0 atom stereocenters. The van der Waals surface area contributed by atoms with Crippen LogP contribution >= 0.6 is 23.4 Å². The SMILES string of the molecule is CC(=NNC(=O)CSc1nc2ccccc2n1Cc1ccc(Cl)cc1)c1cccnc1. The standard InChI is InChI=1S/C23H20ClN5OS/c1-16(18-5-4-12-25-13-18)27-28-22(30)15-31-23-26-20-6-2-3-7-21(20)29(23)14-17-8-10-19(24)11-9-17/h2-13H,14-15H2,1H3,(H,28,30). The van der Waals surface area contributed by atoms with Crippen molar-refractivity contribution < 1.29 is 4.79 Å². The van der Waals surface area contributed by atoms with Crippen LogP contribution in [0.15, 0.2) is 83.3 Å². The lowest BCUT2D eigenvalue weighted by Crippen LogP contribution is -2.21. The number of benzene rings is 2. The number of fused-ring (bicyclic) bond motifs is 1. The van der Waals surface area contributed by atoms with Crippen LogP contribution in [-0.2, 0) is 11.3 Å². The average molecular weight is 450 g/mol. The first-order chi connectivity index (χ1) is 15.1. The van der Waals surface area contributed by atoms with Gasteiger partial charge in [0.2, 0.25) is 0 Å². The molecule has 1 N–H and O–H groups in total. The van der Waals surface area contributed by atoms with Crippen LogP contribution in [0.4, 0.5) is 0 Å². The van der Waals surface area contributed by atoms with Crippen LogP contribution in [0, 0.1) is 0 Å². The number of aromatic nitrogens is 3. The Morgan fingerprint density at radius 1 is 1.13 bits per heavy atom. The highest BCUT2D eigenvalue weighted by Crippen LogP contribution is 2.25. The van der Waals surface area contributed by atoms with Gasteiger partial charge in [-0.1, -0.05) is 53.7 Å². The van der Waals surface area contributed by atoms with Crippen molar-refractivity contribution in [3.8, 4) is 0 Å². The Labute approximate surface area is 189 Å². The highest BCUT2D eigenvalue weighted by Gasteiger charge is 2.13. The summed E-state index contributed by atoms with van der Waals surface area (Å²) in [5.41, 5.74) is 7.19. The molecule has 0 saturated heterocycles. The largest absolute Gasteiger partial charge is 0.314 e. The van der Waals surface area contributed by atoms with Crippen LogP contribution < -0.4 is 5.43 Å². The van der Waals surface area contributed by atoms with E-state index in [0.29, 0.717) is 17.3 Å². The molecule has 0 unspecified atom stereocenters. The molecule has 8 heteroatoms. The molecular weight excluding hydrogens is 430 g/mol. The third kappa shape index (κ3) is 5.31. The molecule has 0 radical (unpaired) electrons. The first kappa shape index (κ1) is 21.1. The summed E-state index contributed by atoms with van der Waals surface area (Å²) in [5.74, 6) is 0.00616. The van der Waals surface area contributed by atoms with Gasteiger partial charge in [-0.25, -0.2) is 10.4 Å². The number of halogens is 1. The molecule has 31 heavy (non-hydrogen) atoms. The van der Waals surface area contributed by atoms with Crippen LogP contribution in [0.25, 0.3) is 11.0 Å². The van der Waals surface area contributed by atoms with Crippen LogP contribution in [-0.4, -0.2) is 31.9 Å². The van der Waals surface area contributed by atoms with E-state index in [-0.39, 0.29) is 11.7 Å². The van der Waals surface area contributed by atoms with E-state index in [4.69, 9.17) is 16.6 Å². The van der Waals surface area contributed by atoms with Gasteiger partial charge in [0.15, 0.2) is 5.16 Å². The second-order valence-corrected chi connectivity index (χ2v) is 8.24. The monoisotopic (exact) mass is 449 g/mol. The lowest BCUT2D eigenvalue weighted by molar-refractivity contribution is -0.118. The molecule has 2 aromatic heterocycles.